The lowest BCUT2D eigenvalue weighted by atomic mass is 9.94. The molecular formula is C80H141N4O33P. The molecule has 17 N–H and O–H groups in total. The summed E-state index contributed by atoms with van der Waals surface area (Å²) in [6.45, 7) is 6.02. The molecule has 10 unspecified atom stereocenters. The highest BCUT2D eigenvalue weighted by atomic mass is 31.2. The number of amides is 4. The fraction of sp³-hybridized carbons (Fsp3) is 0.838. The van der Waals surface area contributed by atoms with E-state index < -0.39 is 198 Å². The Bertz CT molecular complexity index is 2940. The molecule has 0 radical (unpaired) electrons. The van der Waals surface area contributed by atoms with E-state index in [9.17, 15) is 114 Å². The molecule has 3 aliphatic rings. The Kier molecular flexibility index (Phi) is 58.2. The van der Waals surface area contributed by atoms with Crippen LogP contribution in [0.4, 0.5) is 0 Å². The van der Waals surface area contributed by atoms with Gasteiger partial charge in [0.25, 0.3) is 0 Å². The van der Waals surface area contributed by atoms with Gasteiger partial charge in [0.2, 0.25) is 23.6 Å². The molecule has 38 heteroatoms. The number of unbranched alkanes of at least 4 members (excludes halogenated alkanes) is 23. The van der Waals surface area contributed by atoms with Gasteiger partial charge in [0.05, 0.1) is 32.5 Å². The number of hydrogen-bond acceptors (Lipinski definition) is 30. The normalized spacial score (nSPS) is 25.1. The number of aliphatic hydroxyl groups excluding tert-OH is 10. The smallest absolute Gasteiger partial charge is 0.472 e. The second kappa shape index (κ2) is 63.3. The van der Waals surface area contributed by atoms with E-state index in [0.717, 1.165) is 90.9 Å². The summed E-state index contributed by atoms with van der Waals surface area (Å²) in [5.41, 5.74) is 0. The third-order valence-corrected chi connectivity index (χ3v) is 20.7. The molecule has 0 aromatic carbocycles. The number of ether oxygens (including phenoxy) is 8. The molecule has 4 amide bonds. The number of aliphatic carboxylic acids is 2. The number of allylic oxidation sites excluding steroid dienone is 4. The van der Waals surface area contributed by atoms with Crippen LogP contribution >= 0.6 is 7.82 Å². The van der Waals surface area contributed by atoms with Crippen molar-refractivity contribution in [2.24, 2.45) is 0 Å². The summed E-state index contributed by atoms with van der Waals surface area (Å²) in [5, 5.41) is 135. The molecule has 0 saturated carbocycles. The van der Waals surface area contributed by atoms with Crippen molar-refractivity contribution in [1.82, 2.24) is 21.3 Å². The lowest BCUT2D eigenvalue weighted by Gasteiger charge is -2.49. The minimum absolute atomic E-state index is 0.0121. The molecule has 118 heavy (non-hydrogen) atoms. The standard InChI is InChI=1S/C48H88NO10P.C32H53N3O23/c1-4-6-8-10-12-14-16-18-20-22-24-26-28-30-32-38-47(52)56-42-45(43-58-60(54,55)57-41-40-49-46(51)37-35-34-36-44(3)50)59-48(53)39-33-31-29-27-25-23-21-19-17-15-13-11-9-7-5-2;1-4-5-14(41)33-6-11(34-9(2)38)23(16(42)12(40)7-36)54-32-22(48)20(46)25(27(58-32)29(51)52)56-30-15(35-10(3)39)24(17(43)13(8-37)53-30)55-31-21(47)18(44)19(45)26(57-31)28(49)50/h18-21,45H,4-17,22-43H2,1-3H3,(H,49,51)(H,54,55);11-13,15-27,30-32,36-37,40,42-48H,4-8H2,1-3H3,(H,33,41)(H,34,38)(H,35,39)(H,49,50)(H,51,52)/b20-18-,21-19-;/t;11?,12?,13?,15?,16-,17-,18+,19+,20-,21?,22?,23-,24-,25+,26?,27?,30+,31-,32-/m.1/s1. The van der Waals surface area contributed by atoms with Crippen molar-refractivity contribution in [3.8, 4) is 0 Å². The summed E-state index contributed by atoms with van der Waals surface area (Å²) >= 11 is 0. The molecule has 3 aliphatic heterocycles. The Labute approximate surface area is 693 Å². The van der Waals surface area contributed by atoms with E-state index in [0.29, 0.717) is 38.5 Å². The zero-order valence-electron chi connectivity index (χ0n) is 69.8. The van der Waals surface area contributed by atoms with Gasteiger partial charge in [0.1, 0.15) is 91.7 Å². The van der Waals surface area contributed by atoms with Crippen molar-refractivity contribution in [3.05, 3.63) is 24.3 Å². The number of nitrogens with one attached hydrogen (secondary N) is 4. The van der Waals surface area contributed by atoms with E-state index in [4.69, 9.17) is 46.9 Å². The summed E-state index contributed by atoms with van der Waals surface area (Å²) in [5.74, 6) is -6.93. The van der Waals surface area contributed by atoms with Crippen LogP contribution in [0.1, 0.15) is 260 Å². The van der Waals surface area contributed by atoms with E-state index in [1.165, 1.54) is 84.0 Å². The van der Waals surface area contributed by atoms with Crippen LogP contribution in [-0.2, 0) is 94.7 Å². The van der Waals surface area contributed by atoms with Gasteiger partial charge in [-0.15, -0.1) is 0 Å². The van der Waals surface area contributed by atoms with Crippen LogP contribution in [0.5, 0.6) is 0 Å². The number of carbonyl (C=O) groups excluding carboxylic acids is 7. The Hall–Kier alpha value is -5.62. The minimum atomic E-state index is -4.56. The van der Waals surface area contributed by atoms with Gasteiger partial charge >= 0.3 is 31.7 Å². The molecule has 3 rings (SSSR count). The number of esters is 2. The molecule has 0 aliphatic carbocycles. The molecule has 0 aromatic heterocycles. The number of carbonyl (C=O) groups is 9. The molecular weight excluding hydrogens is 1580 g/mol. The average Bonchev–Trinajstić information content (AvgIpc) is 0.760. The zero-order valence-corrected chi connectivity index (χ0v) is 70.7. The summed E-state index contributed by atoms with van der Waals surface area (Å²) in [4.78, 5) is 120. The molecule has 0 bridgehead atoms. The lowest BCUT2D eigenvalue weighted by molar-refractivity contribution is -0.364. The van der Waals surface area contributed by atoms with Gasteiger partial charge in [-0.2, -0.15) is 0 Å². The number of Topliss-reactive ketones (excluding diaryl/α,β-unsaturated/α-hetero) is 1. The molecule has 684 valence electrons. The van der Waals surface area contributed by atoms with Crippen molar-refractivity contribution in [3.63, 3.8) is 0 Å². The predicted octanol–water partition coefficient (Wildman–Crippen LogP) is 4.20. The number of phosphoric ester groups is 1. The van der Waals surface area contributed by atoms with Crippen LogP contribution in [0, 0.1) is 0 Å². The van der Waals surface area contributed by atoms with Crippen molar-refractivity contribution >= 4 is 61.1 Å². The summed E-state index contributed by atoms with van der Waals surface area (Å²) in [6.07, 6.45) is 4.72. The van der Waals surface area contributed by atoms with Crippen LogP contribution in [0.15, 0.2) is 24.3 Å². The molecule has 3 heterocycles. The average molecular weight is 1720 g/mol. The Morgan fingerprint density at radius 2 is 0.983 bits per heavy atom. The molecule has 3 saturated heterocycles. The van der Waals surface area contributed by atoms with E-state index in [-0.39, 0.29) is 57.1 Å². The van der Waals surface area contributed by atoms with Crippen LogP contribution < -0.4 is 21.3 Å². The van der Waals surface area contributed by atoms with Gasteiger partial charge in [-0.25, -0.2) is 14.2 Å². The number of aliphatic hydroxyl groups is 10. The maximum absolute atomic E-state index is 12.7. The first-order valence-electron chi connectivity index (χ1n) is 42.2. The van der Waals surface area contributed by atoms with Gasteiger partial charge in [0, 0.05) is 59.0 Å². The zero-order chi connectivity index (χ0) is 88.0. The van der Waals surface area contributed by atoms with Crippen LogP contribution in [-0.4, -0.2) is 288 Å². The maximum atomic E-state index is 12.7. The van der Waals surface area contributed by atoms with Gasteiger partial charge in [0.15, 0.2) is 37.2 Å². The Morgan fingerprint density at radius 1 is 0.492 bits per heavy atom. The highest BCUT2D eigenvalue weighted by Crippen LogP contribution is 2.43. The predicted molar refractivity (Wildman–Crippen MR) is 425 cm³/mol. The quantitative estimate of drug-likeness (QED) is 0.0176. The Morgan fingerprint density at radius 3 is 1.49 bits per heavy atom. The second-order valence-corrected chi connectivity index (χ2v) is 31.6. The second-order valence-electron chi connectivity index (χ2n) is 30.1. The minimum Gasteiger partial charge on any atom is -0.479 e. The monoisotopic (exact) mass is 1720 g/mol. The van der Waals surface area contributed by atoms with Crippen molar-refractivity contribution in [1.29, 1.82) is 0 Å². The first-order chi connectivity index (χ1) is 56.3. The third-order valence-electron chi connectivity index (χ3n) is 19.7. The number of carboxylic acid groups (broad SMARTS) is 2. The van der Waals surface area contributed by atoms with Crippen LogP contribution in [0.3, 0.4) is 0 Å². The summed E-state index contributed by atoms with van der Waals surface area (Å²) in [7, 11) is -4.56. The molecule has 0 spiro atoms. The molecule has 3 fully saturated rings. The summed E-state index contributed by atoms with van der Waals surface area (Å²) < 4.78 is 66.8. The van der Waals surface area contributed by atoms with Crippen LogP contribution in [0.25, 0.3) is 0 Å². The van der Waals surface area contributed by atoms with Gasteiger partial charge < -0.3 is 130 Å². The van der Waals surface area contributed by atoms with Crippen molar-refractivity contribution < 1.29 is 161 Å². The van der Waals surface area contributed by atoms with Gasteiger partial charge in [-0.1, -0.05) is 148 Å². The van der Waals surface area contributed by atoms with Crippen molar-refractivity contribution in [2.45, 2.75) is 382 Å². The SMILES string of the molecule is CCCC(=O)NCC(NC(C)=O)[C@@H](O[C@@H]1OC(C(=O)O)[C@@H](O[C@@H]2OC(CO)[C@@H](O)[C@H](O[C@@H]3OC(C(=O)O)[C@@H](O)[C@H](O)C3O)C2NC(C)=O)[C@H](O)C1O)[C@H](O)C(O)CO.CCCCCCCC/C=C\CCCCCCCC(=O)OCC(COP(=O)(O)OCCNC(=O)CCCCC(C)=O)OC(=O)CCCCCCC/C=C\CCCCCCCC. The topological polar surface area (TPSA) is 574 Å². The fourth-order valence-corrected chi connectivity index (χ4v) is 13.8. The van der Waals surface area contributed by atoms with E-state index in [2.05, 4.69) is 59.4 Å². The Balaban J connectivity index is 0.000000800. The largest absolute Gasteiger partial charge is 0.479 e. The van der Waals surface area contributed by atoms with Crippen LogP contribution in [0.2, 0.25) is 0 Å². The first-order valence-corrected chi connectivity index (χ1v) is 43.7. The first kappa shape index (κ1) is 108. The highest BCUT2D eigenvalue weighted by Gasteiger charge is 2.57. The number of carboxylic acids is 2. The van der Waals surface area contributed by atoms with Crippen molar-refractivity contribution in [2.75, 3.05) is 46.1 Å². The number of phosphoric acid groups is 1. The molecule has 37 nitrogen and oxygen atoms in total. The number of hydrogen-bond donors (Lipinski definition) is 17. The van der Waals surface area contributed by atoms with Gasteiger partial charge in [-0.05, 0) is 90.4 Å². The highest BCUT2D eigenvalue weighted by molar-refractivity contribution is 7.47. The van der Waals surface area contributed by atoms with E-state index in [1.807, 2.05) is 0 Å². The molecule has 0 aromatic rings. The third kappa shape index (κ3) is 45.5. The van der Waals surface area contributed by atoms with E-state index >= 15 is 0 Å². The van der Waals surface area contributed by atoms with Gasteiger partial charge in [-0.3, -0.25) is 37.8 Å². The molecule has 21 atom stereocenters. The lowest BCUT2D eigenvalue weighted by Crippen LogP contribution is -2.70. The maximum Gasteiger partial charge on any atom is 0.472 e. The van der Waals surface area contributed by atoms with E-state index in [1.54, 1.807) is 6.92 Å². The number of ketones is 1. The fourth-order valence-electron chi connectivity index (χ4n) is 13.1. The summed E-state index contributed by atoms with van der Waals surface area (Å²) in [6, 6.07) is -3.28. The number of rotatable bonds is 64.